The van der Waals surface area contributed by atoms with Crippen molar-refractivity contribution >= 4 is 0 Å². The van der Waals surface area contributed by atoms with E-state index in [-0.39, 0.29) is 6.42 Å². The molecule has 0 aromatic heterocycles. The number of hydrogen-bond acceptors (Lipinski definition) is 7. The molecule has 18 heavy (non-hydrogen) atoms. The SMILES string of the molecule is CCCCCC(O)(O)O.OCC(CO)(CO)CO. The Hall–Kier alpha value is -0.280. The molecule has 0 heterocycles. The molecule has 0 aromatic rings. The van der Waals surface area contributed by atoms with Gasteiger partial charge in [0.15, 0.2) is 0 Å². The molecule has 0 saturated heterocycles. The minimum Gasteiger partial charge on any atom is -0.396 e. The Morgan fingerprint density at radius 1 is 0.722 bits per heavy atom. The Morgan fingerprint density at radius 3 is 1.28 bits per heavy atom. The molecule has 0 atom stereocenters. The summed E-state index contributed by atoms with van der Waals surface area (Å²) in [5.74, 6) is -2.45. The highest BCUT2D eigenvalue weighted by Crippen LogP contribution is 2.11. The highest BCUT2D eigenvalue weighted by Gasteiger charge is 2.26. The summed E-state index contributed by atoms with van der Waals surface area (Å²) in [5, 5.41) is 59.1. The lowest BCUT2D eigenvalue weighted by molar-refractivity contribution is -0.314. The third-order valence-corrected chi connectivity index (χ3v) is 2.46. The summed E-state index contributed by atoms with van der Waals surface area (Å²) in [7, 11) is 0. The number of unbranched alkanes of at least 4 members (excludes halogenated alkanes) is 2. The van der Waals surface area contributed by atoms with E-state index in [9.17, 15) is 0 Å². The van der Waals surface area contributed by atoms with E-state index in [0.717, 1.165) is 12.8 Å². The lowest BCUT2D eigenvalue weighted by atomic mass is 9.93. The molecule has 0 aliphatic heterocycles. The zero-order valence-corrected chi connectivity index (χ0v) is 10.8. The van der Waals surface area contributed by atoms with E-state index in [1.165, 1.54) is 0 Å². The normalized spacial score (nSPS) is 12.0. The minimum absolute atomic E-state index is 0.0425. The van der Waals surface area contributed by atoms with E-state index in [2.05, 4.69) is 0 Å². The Bertz CT molecular complexity index is 157. The van der Waals surface area contributed by atoms with Crippen LogP contribution in [0.15, 0.2) is 0 Å². The second kappa shape index (κ2) is 10.6. The molecule has 0 fully saturated rings. The highest BCUT2D eigenvalue weighted by atomic mass is 16.7. The monoisotopic (exact) mass is 270 g/mol. The van der Waals surface area contributed by atoms with Crippen molar-refractivity contribution in [1.82, 2.24) is 0 Å². The lowest BCUT2D eigenvalue weighted by Crippen LogP contribution is -2.37. The van der Waals surface area contributed by atoms with Gasteiger partial charge in [0.05, 0.1) is 31.8 Å². The summed E-state index contributed by atoms with van der Waals surface area (Å²) in [6.45, 7) is 0.383. The predicted molar refractivity (Wildman–Crippen MR) is 64.3 cm³/mol. The van der Waals surface area contributed by atoms with Crippen LogP contribution in [0.3, 0.4) is 0 Å². The molecular weight excluding hydrogens is 244 g/mol. The van der Waals surface area contributed by atoms with Crippen LogP contribution in [0.2, 0.25) is 0 Å². The lowest BCUT2D eigenvalue weighted by Gasteiger charge is -2.23. The first-order valence-electron chi connectivity index (χ1n) is 5.91. The predicted octanol–water partition coefficient (Wildman–Crippen LogP) is -1.86. The van der Waals surface area contributed by atoms with Crippen LogP contribution in [0.5, 0.6) is 0 Å². The first kappa shape index (κ1) is 20.0. The third kappa shape index (κ3) is 10.8. The van der Waals surface area contributed by atoms with E-state index >= 15 is 0 Å². The highest BCUT2D eigenvalue weighted by molar-refractivity contribution is 4.74. The van der Waals surface area contributed by atoms with Crippen molar-refractivity contribution < 1.29 is 35.7 Å². The maximum atomic E-state index is 8.50. The van der Waals surface area contributed by atoms with Crippen molar-refractivity contribution in [3.63, 3.8) is 0 Å². The van der Waals surface area contributed by atoms with E-state index in [1.807, 2.05) is 6.92 Å². The van der Waals surface area contributed by atoms with Gasteiger partial charge in [0.1, 0.15) is 0 Å². The van der Waals surface area contributed by atoms with Crippen LogP contribution in [0.1, 0.15) is 32.6 Å². The maximum Gasteiger partial charge on any atom is 0.275 e. The molecule has 7 heteroatoms. The van der Waals surface area contributed by atoms with Gasteiger partial charge in [-0.3, -0.25) is 0 Å². The van der Waals surface area contributed by atoms with Crippen LogP contribution in [0, 0.1) is 5.41 Å². The quantitative estimate of drug-likeness (QED) is 0.202. The van der Waals surface area contributed by atoms with E-state index in [0.29, 0.717) is 6.42 Å². The number of rotatable bonds is 8. The molecular formula is C11H26O7. The fourth-order valence-corrected chi connectivity index (χ4v) is 0.912. The summed E-state index contributed by atoms with van der Waals surface area (Å²) in [4.78, 5) is 0. The van der Waals surface area contributed by atoms with E-state index in [1.54, 1.807) is 0 Å². The van der Waals surface area contributed by atoms with Crippen LogP contribution >= 0.6 is 0 Å². The molecule has 0 radical (unpaired) electrons. The summed E-state index contributed by atoms with van der Waals surface area (Å²) < 4.78 is 0. The summed E-state index contributed by atoms with van der Waals surface area (Å²) in [6, 6.07) is 0. The molecule has 0 aliphatic carbocycles. The van der Waals surface area contributed by atoms with Crippen LogP contribution in [-0.2, 0) is 0 Å². The standard InChI is InChI=1S/C6H14O3.C5H12O4/c1-2-3-4-5-6(7,8)9;6-1-5(2-7,3-8)4-9/h7-9H,2-5H2,1H3;6-9H,1-4H2. The second-order valence-corrected chi connectivity index (χ2v) is 4.36. The van der Waals surface area contributed by atoms with Crippen molar-refractivity contribution in [2.45, 2.75) is 38.6 Å². The van der Waals surface area contributed by atoms with Crippen LogP contribution in [0.4, 0.5) is 0 Å². The van der Waals surface area contributed by atoms with Gasteiger partial charge in [-0.25, -0.2) is 0 Å². The van der Waals surface area contributed by atoms with Gasteiger partial charge in [-0.05, 0) is 6.42 Å². The Balaban J connectivity index is 0. The zero-order chi connectivity index (χ0) is 14.7. The van der Waals surface area contributed by atoms with Crippen molar-refractivity contribution in [1.29, 1.82) is 0 Å². The summed E-state index contributed by atoms with van der Waals surface area (Å²) in [5.41, 5.74) is -1.11. The van der Waals surface area contributed by atoms with Gasteiger partial charge in [0.2, 0.25) is 0 Å². The molecule has 0 bridgehead atoms. The first-order valence-corrected chi connectivity index (χ1v) is 5.91. The van der Waals surface area contributed by atoms with Crippen LogP contribution in [0.25, 0.3) is 0 Å². The van der Waals surface area contributed by atoms with Crippen molar-refractivity contribution in [2.75, 3.05) is 26.4 Å². The van der Waals surface area contributed by atoms with E-state index < -0.39 is 37.8 Å². The molecule has 0 aromatic carbocycles. The third-order valence-electron chi connectivity index (χ3n) is 2.46. The molecule has 0 saturated carbocycles. The van der Waals surface area contributed by atoms with Gasteiger partial charge < -0.3 is 35.7 Å². The number of aliphatic hydroxyl groups is 7. The van der Waals surface area contributed by atoms with Gasteiger partial charge in [-0.1, -0.05) is 19.8 Å². The number of aliphatic hydroxyl groups excluding tert-OH is 4. The molecule has 0 amide bonds. The smallest absolute Gasteiger partial charge is 0.275 e. The molecule has 0 spiro atoms. The second-order valence-electron chi connectivity index (χ2n) is 4.36. The van der Waals surface area contributed by atoms with Crippen molar-refractivity contribution in [2.24, 2.45) is 5.41 Å². The largest absolute Gasteiger partial charge is 0.396 e. The van der Waals surface area contributed by atoms with Crippen LogP contribution < -0.4 is 0 Å². The van der Waals surface area contributed by atoms with E-state index in [4.69, 9.17) is 35.7 Å². The molecule has 0 rings (SSSR count). The first-order chi connectivity index (χ1) is 8.30. The minimum atomic E-state index is -2.45. The van der Waals surface area contributed by atoms with Gasteiger partial charge in [-0.15, -0.1) is 0 Å². The van der Waals surface area contributed by atoms with Gasteiger partial charge in [0.25, 0.3) is 5.97 Å². The Morgan fingerprint density at radius 2 is 1.11 bits per heavy atom. The van der Waals surface area contributed by atoms with Crippen molar-refractivity contribution in [3.8, 4) is 0 Å². The molecule has 7 nitrogen and oxygen atoms in total. The summed E-state index contributed by atoms with van der Waals surface area (Å²) in [6.07, 6.45) is 2.63. The molecule has 7 N–H and O–H groups in total. The van der Waals surface area contributed by atoms with Crippen LogP contribution in [-0.4, -0.2) is 68.1 Å². The molecule has 0 aliphatic rings. The average molecular weight is 270 g/mol. The zero-order valence-electron chi connectivity index (χ0n) is 10.8. The maximum absolute atomic E-state index is 8.50. The Kier molecular flexibility index (Phi) is 11.8. The molecule has 0 unspecified atom stereocenters. The van der Waals surface area contributed by atoms with Gasteiger partial charge in [0, 0.05) is 6.42 Å². The fraction of sp³-hybridized carbons (Fsp3) is 1.00. The van der Waals surface area contributed by atoms with Gasteiger partial charge >= 0.3 is 0 Å². The topological polar surface area (TPSA) is 142 Å². The van der Waals surface area contributed by atoms with Crippen molar-refractivity contribution in [3.05, 3.63) is 0 Å². The summed E-state index contributed by atoms with van der Waals surface area (Å²) >= 11 is 0. The number of hydrogen-bond donors (Lipinski definition) is 7. The fourth-order valence-electron chi connectivity index (χ4n) is 0.912. The van der Waals surface area contributed by atoms with Gasteiger partial charge in [-0.2, -0.15) is 0 Å². The molecule has 112 valence electrons. The average Bonchev–Trinajstić information content (AvgIpc) is 2.32. The Labute approximate surface area is 107 Å².